The molecule has 9 nitrogen and oxygen atoms in total. The Balaban J connectivity index is 1.24. The Morgan fingerprint density at radius 3 is 1.62 bits per heavy atom. The summed E-state index contributed by atoms with van der Waals surface area (Å²) in [6.07, 6.45) is -2.43. The fourth-order valence-electron chi connectivity index (χ4n) is 6.92. The SMILES string of the molecule is CO[C@@H]1O[C@@H](C=C2OC(COCc3ccccc3)[C@@H](OCc3ccccc3)C(OCc3ccccc3)C2OCc2ccccc2)C2OC(C)(C)OC21. The molecule has 0 amide bonds. The van der Waals surface area contributed by atoms with Crippen molar-refractivity contribution in [3.8, 4) is 0 Å². The van der Waals surface area contributed by atoms with Crippen LogP contribution in [0, 0.1) is 0 Å². The van der Waals surface area contributed by atoms with Crippen molar-refractivity contribution in [1.29, 1.82) is 0 Å². The summed E-state index contributed by atoms with van der Waals surface area (Å²) >= 11 is 0. The van der Waals surface area contributed by atoms with E-state index in [9.17, 15) is 0 Å². The molecular formula is C43H48O9. The van der Waals surface area contributed by atoms with E-state index in [-0.39, 0.29) is 6.61 Å². The summed E-state index contributed by atoms with van der Waals surface area (Å²) in [5.41, 5.74) is 4.15. The van der Waals surface area contributed by atoms with Gasteiger partial charge in [-0.15, -0.1) is 0 Å². The fourth-order valence-corrected chi connectivity index (χ4v) is 6.92. The van der Waals surface area contributed by atoms with Crippen molar-refractivity contribution < 1.29 is 42.6 Å². The van der Waals surface area contributed by atoms with Crippen LogP contribution in [-0.2, 0) is 69.1 Å². The maximum absolute atomic E-state index is 6.93. The van der Waals surface area contributed by atoms with Crippen LogP contribution in [0.25, 0.3) is 0 Å². The zero-order valence-electron chi connectivity index (χ0n) is 30.0. The fraction of sp³-hybridized carbons (Fsp3) is 0.395. The Labute approximate surface area is 306 Å². The first kappa shape index (κ1) is 36.5. The summed E-state index contributed by atoms with van der Waals surface area (Å²) in [6.45, 7) is 5.47. The second-order valence-corrected chi connectivity index (χ2v) is 13.7. The highest BCUT2D eigenvalue weighted by atomic mass is 16.8. The molecule has 3 aliphatic heterocycles. The summed E-state index contributed by atoms with van der Waals surface area (Å²) in [7, 11) is 1.61. The third kappa shape index (κ3) is 9.17. The molecule has 3 heterocycles. The molecular weight excluding hydrogens is 660 g/mol. The largest absolute Gasteiger partial charge is 0.487 e. The molecule has 274 valence electrons. The summed E-state index contributed by atoms with van der Waals surface area (Å²) in [6, 6.07) is 40.3. The van der Waals surface area contributed by atoms with E-state index in [4.69, 9.17) is 42.6 Å². The van der Waals surface area contributed by atoms with Gasteiger partial charge in [-0.1, -0.05) is 121 Å². The van der Waals surface area contributed by atoms with Crippen LogP contribution in [0.2, 0.25) is 0 Å². The molecule has 3 fully saturated rings. The third-order valence-corrected chi connectivity index (χ3v) is 9.40. The molecule has 7 rings (SSSR count). The van der Waals surface area contributed by atoms with Gasteiger partial charge in [0.1, 0.15) is 42.4 Å². The number of fused-ring (bicyclic) bond motifs is 1. The van der Waals surface area contributed by atoms with Gasteiger partial charge in [-0.3, -0.25) is 0 Å². The van der Waals surface area contributed by atoms with Gasteiger partial charge in [0.15, 0.2) is 18.2 Å². The summed E-state index contributed by atoms with van der Waals surface area (Å²) in [4.78, 5) is 0. The summed E-state index contributed by atoms with van der Waals surface area (Å²) in [5, 5.41) is 0. The first-order chi connectivity index (χ1) is 25.5. The Kier molecular flexibility index (Phi) is 12.1. The number of ether oxygens (including phenoxy) is 9. The monoisotopic (exact) mass is 708 g/mol. The molecule has 4 aromatic carbocycles. The van der Waals surface area contributed by atoms with Gasteiger partial charge in [-0.25, -0.2) is 0 Å². The molecule has 5 unspecified atom stereocenters. The minimum atomic E-state index is -0.797. The van der Waals surface area contributed by atoms with E-state index in [0.717, 1.165) is 22.3 Å². The average molecular weight is 709 g/mol. The van der Waals surface area contributed by atoms with Crippen molar-refractivity contribution >= 4 is 0 Å². The van der Waals surface area contributed by atoms with Crippen molar-refractivity contribution in [2.45, 2.75) is 95.1 Å². The Bertz CT molecular complexity index is 1690. The maximum atomic E-state index is 6.93. The van der Waals surface area contributed by atoms with Crippen LogP contribution < -0.4 is 0 Å². The van der Waals surface area contributed by atoms with Gasteiger partial charge in [0.05, 0.1) is 33.0 Å². The first-order valence-corrected chi connectivity index (χ1v) is 18.0. The van der Waals surface area contributed by atoms with E-state index in [2.05, 4.69) is 0 Å². The van der Waals surface area contributed by atoms with E-state index in [0.29, 0.717) is 32.2 Å². The highest BCUT2D eigenvalue weighted by Gasteiger charge is 2.56. The smallest absolute Gasteiger partial charge is 0.187 e. The number of hydrogen-bond donors (Lipinski definition) is 0. The average Bonchev–Trinajstić information content (AvgIpc) is 3.66. The minimum absolute atomic E-state index is 0.243. The number of hydrogen-bond acceptors (Lipinski definition) is 9. The molecule has 0 saturated carbocycles. The molecule has 0 radical (unpaired) electrons. The van der Waals surface area contributed by atoms with E-state index in [1.165, 1.54) is 0 Å². The Morgan fingerprint density at radius 2 is 1.08 bits per heavy atom. The standard InChI is InChI=1S/C43H48O9/c1-43(2)51-39-35(50-42(44-3)41(39)52-43)24-34-37(46-26-31-18-10-5-11-19-31)40(48-28-33-22-14-7-15-23-33)38(47-27-32-20-12-6-13-21-32)36(49-34)29-45-25-30-16-8-4-9-17-30/h4-24,35-42H,25-29H2,1-3H3/t35-,36?,37?,38+,39?,40?,41?,42+/m0/s1. The van der Waals surface area contributed by atoms with Gasteiger partial charge >= 0.3 is 0 Å². The van der Waals surface area contributed by atoms with Crippen LogP contribution in [-0.4, -0.2) is 68.5 Å². The molecule has 0 aromatic heterocycles. The molecule has 0 aliphatic carbocycles. The molecule has 52 heavy (non-hydrogen) atoms. The number of methoxy groups -OCH3 is 1. The molecule has 0 spiro atoms. The second kappa shape index (κ2) is 17.3. The van der Waals surface area contributed by atoms with E-state index < -0.39 is 54.8 Å². The van der Waals surface area contributed by atoms with Crippen LogP contribution in [0.3, 0.4) is 0 Å². The molecule has 4 aromatic rings. The first-order valence-electron chi connectivity index (χ1n) is 18.0. The number of benzene rings is 4. The van der Waals surface area contributed by atoms with Crippen molar-refractivity contribution in [1.82, 2.24) is 0 Å². The number of rotatable bonds is 15. The minimum Gasteiger partial charge on any atom is -0.487 e. The lowest BCUT2D eigenvalue weighted by Crippen LogP contribution is -2.56. The zero-order valence-corrected chi connectivity index (χ0v) is 30.0. The quantitative estimate of drug-likeness (QED) is 0.128. The molecule has 9 heteroatoms. The Hall–Kier alpha value is -3.90. The van der Waals surface area contributed by atoms with E-state index >= 15 is 0 Å². The van der Waals surface area contributed by atoms with Gasteiger partial charge in [-0.05, 0) is 42.2 Å². The lowest BCUT2D eigenvalue weighted by molar-refractivity contribution is -0.228. The lowest BCUT2D eigenvalue weighted by Gasteiger charge is -2.44. The zero-order chi connectivity index (χ0) is 35.8. The molecule has 3 aliphatic rings. The topological polar surface area (TPSA) is 83.1 Å². The van der Waals surface area contributed by atoms with E-state index in [1.54, 1.807) is 7.11 Å². The second-order valence-electron chi connectivity index (χ2n) is 13.7. The normalized spacial score (nSPS) is 28.8. The van der Waals surface area contributed by atoms with Crippen LogP contribution in [0.5, 0.6) is 0 Å². The third-order valence-electron chi connectivity index (χ3n) is 9.40. The predicted molar refractivity (Wildman–Crippen MR) is 194 cm³/mol. The van der Waals surface area contributed by atoms with Crippen molar-refractivity contribution in [3.05, 3.63) is 155 Å². The van der Waals surface area contributed by atoms with Gasteiger partial charge in [0, 0.05) is 7.11 Å². The van der Waals surface area contributed by atoms with Crippen LogP contribution in [0.1, 0.15) is 36.1 Å². The van der Waals surface area contributed by atoms with Crippen molar-refractivity contribution in [2.24, 2.45) is 0 Å². The van der Waals surface area contributed by atoms with E-state index in [1.807, 2.05) is 141 Å². The van der Waals surface area contributed by atoms with Gasteiger partial charge in [0.25, 0.3) is 0 Å². The molecule has 0 bridgehead atoms. The van der Waals surface area contributed by atoms with Crippen LogP contribution in [0.4, 0.5) is 0 Å². The molecule has 8 atom stereocenters. The highest BCUT2D eigenvalue weighted by Crippen LogP contribution is 2.41. The maximum Gasteiger partial charge on any atom is 0.187 e. The van der Waals surface area contributed by atoms with Crippen molar-refractivity contribution in [2.75, 3.05) is 13.7 Å². The lowest BCUT2D eigenvalue weighted by atomic mass is 9.95. The highest BCUT2D eigenvalue weighted by molar-refractivity contribution is 5.20. The summed E-state index contributed by atoms with van der Waals surface area (Å²) < 4.78 is 58.4. The molecule has 3 saturated heterocycles. The van der Waals surface area contributed by atoms with Crippen molar-refractivity contribution in [3.63, 3.8) is 0 Å². The predicted octanol–water partition coefficient (Wildman–Crippen LogP) is 7.13. The van der Waals surface area contributed by atoms with Gasteiger partial charge < -0.3 is 42.6 Å². The van der Waals surface area contributed by atoms with Crippen LogP contribution >= 0.6 is 0 Å². The van der Waals surface area contributed by atoms with Gasteiger partial charge in [0.2, 0.25) is 0 Å². The summed E-state index contributed by atoms with van der Waals surface area (Å²) in [5.74, 6) is -0.245. The molecule has 0 N–H and O–H groups in total. The van der Waals surface area contributed by atoms with Crippen LogP contribution in [0.15, 0.2) is 133 Å². The Morgan fingerprint density at radius 1 is 0.596 bits per heavy atom. The van der Waals surface area contributed by atoms with Gasteiger partial charge in [-0.2, -0.15) is 0 Å².